The standard InChI is InChI=1S/C10H8BrNO2S/c1-6-9(11)4-8(15-6)3-7(5-12)10(13)14-2/h3-4H,1-2H3/b7-3+. The topological polar surface area (TPSA) is 50.1 Å². The Hall–Kier alpha value is -1.12. The second-order valence-electron chi connectivity index (χ2n) is 2.71. The summed E-state index contributed by atoms with van der Waals surface area (Å²) in [4.78, 5) is 13.1. The lowest BCUT2D eigenvalue weighted by Gasteiger charge is -1.93. The molecule has 78 valence electrons. The van der Waals surface area contributed by atoms with Crippen molar-refractivity contribution in [3.8, 4) is 6.07 Å². The van der Waals surface area contributed by atoms with Gasteiger partial charge in [0.05, 0.1) is 7.11 Å². The van der Waals surface area contributed by atoms with Gasteiger partial charge in [-0.05, 0) is 35.0 Å². The van der Waals surface area contributed by atoms with Crippen LogP contribution in [-0.2, 0) is 9.53 Å². The first-order chi connectivity index (χ1) is 7.08. The van der Waals surface area contributed by atoms with Crippen LogP contribution in [0.1, 0.15) is 9.75 Å². The van der Waals surface area contributed by atoms with Gasteiger partial charge in [0.25, 0.3) is 0 Å². The molecule has 3 nitrogen and oxygen atoms in total. The summed E-state index contributed by atoms with van der Waals surface area (Å²) in [5.74, 6) is -0.611. The van der Waals surface area contributed by atoms with Crippen LogP contribution in [0.2, 0.25) is 0 Å². The Morgan fingerprint density at radius 3 is 2.80 bits per heavy atom. The van der Waals surface area contributed by atoms with Crippen LogP contribution < -0.4 is 0 Å². The monoisotopic (exact) mass is 285 g/mol. The van der Waals surface area contributed by atoms with E-state index in [0.717, 1.165) is 14.2 Å². The van der Waals surface area contributed by atoms with E-state index in [2.05, 4.69) is 20.7 Å². The molecule has 0 fully saturated rings. The Balaban J connectivity index is 3.05. The number of carbonyl (C=O) groups is 1. The van der Waals surface area contributed by atoms with Gasteiger partial charge in [-0.25, -0.2) is 4.79 Å². The predicted octanol–water partition coefficient (Wildman–Crippen LogP) is 2.90. The molecule has 1 rings (SSSR count). The zero-order valence-electron chi connectivity index (χ0n) is 8.20. The number of hydrogen-bond donors (Lipinski definition) is 0. The summed E-state index contributed by atoms with van der Waals surface area (Å²) >= 11 is 4.87. The summed E-state index contributed by atoms with van der Waals surface area (Å²) in [7, 11) is 1.25. The highest BCUT2D eigenvalue weighted by Crippen LogP contribution is 2.27. The minimum atomic E-state index is -0.611. The second kappa shape index (κ2) is 5.10. The summed E-state index contributed by atoms with van der Waals surface area (Å²) in [5, 5.41) is 8.74. The maximum absolute atomic E-state index is 11.1. The maximum Gasteiger partial charge on any atom is 0.348 e. The zero-order chi connectivity index (χ0) is 11.4. The van der Waals surface area contributed by atoms with Gasteiger partial charge < -0.3 is 4.74 Å². The Bertz CT molecular complexity index is 437. The molecule has 0 amide bonds. The number of nitrogens with zero attached hydrogens (tertiary/aromatic N) is 1. The highest BCUT2D eigenvalue weighted by Gasteiger charge is 2.09. The van der Waals surface area contributed by atoms with Crippen LogP contribution in [0, 0.1) is 18.3 Å². The normalized spacial score (nSPS) is 10.9. The third-order valence-electron chi connectivity index (χ3n) is 1.69. The molecule has 0 aromatic carbocycles. The number of esters is 1. The molecule has 0 unspecified atom stereocenters. The number of ether oxygens (including phenoxy) is 1. The van der Waals surface area contributed by atoms with Crippen LogP contribution in [0.4, 0.5) is 0 Å². The molecule has 1 heterocycles. The van der Waals surface area contributed by atoms with E-state index < -0.39 is 5.97 Å². The second-order valence-corrected chi connectivity index (χ2v) is 4.86. The maximum atomic E-state index is 11.1. The number of rotatable bonds is 2. The fraction of sp³-hybridized carbons (Fsp3) is 0.200. The smallest absolute Gasteiger partial charge is 0.348 e. The molecule has 1 aromatic heterocycles. The molecule has 1 aromatic rings. The van der Waals surface area contributed by atoms with Crippen LogP contribution >= 0.6 is 27.3 Å². The van der Waals surface area contributed by atoms with Crippen LogP contribution in [0.5, 0.6) is 0 Å². The summed E-state index contributed by atoms with van der Waals surface area (Å²) in [5.41, 5.74) is 0.00579. The fourth-order valence-electron chi connectivity index (χ4n) is 0.942. The summed E-state index contributed by atoms with van der Waals surface area (Å²) < 4.78 is 5.45. The molecule has 0 atom stereocenters. The third-order valence-corrected chi connectivity index (χ3v) is 3.77. The minimum absolute atomic E-state index is 0.00579. The van der Waals surface area contributed by atoms with Crippen molar-refractivity contribution >= 4 is 39.3 Å². The summed E-state index contributed by atoms with van der Waals surface area (Å²) in [6.45, 7) is 1.95. The van der Waals surface area contributed by atoms with E-state index in [4.69, 9.17) is 5.26 Å². The van der Waals surface area contributed by atoms with Gasteiger partial charge in [-0.15, -0.1) is 11.3 Å². The van der Waals surface area contributed by atoms with Crippen LogP contribution in [-0.4, -0.2) is 13.1 Å². The van der Waals surface area contributed by atoms with E-state index in [1.54, 1.807) is 0 Å². The van der Waals surface area contributed by atoms with Crippen LogP contribution in [0.25, 0.3) is 6.08 Å². The van der Waals surface area contributed by atoms with Crippen molar-refractivity contribution in [2.45, 2.75) is 6.92 Å². The lowest BCUT2D eigenvalue weighted by atomic mass is 10.2. The van der Waals surface area contributed by atoms with Gasteiger partial charge in [0.15, 0.2) is 0 Å². The molecule has 0 radical (unpaired) electrons. The average Bonchev–Trinajstić information content (AvgIpc) is 2.53. The Morgan fingerprint density at radius 1 is 1.73 bits per heavy atom. The third kappa shape index (κ3) is 2.91. The van der Waals surface area contributed by atoms with E-state index in [-0.39, 0.29) is 5.57 Å². The Labute approximate surface area is 100 Å². The van der Waals surface area contributed by atoms with E-state index in [1.807, 2.05) is 19.1 Å². The van der Waals surface area contributed by atoms with Crippen molar-refractivity contribution in [2.75, 3.05) is 7.11 Å². The molecule has 5 heteroatoms. The van der Waals surface area contributed by atoms with Gasteiger partial charge in [0, 0.05) is 14.2 Å². The Morgan fingerprint density at radius 2 is 2.40 bits per heavy atom. The quantitative estimate of drug-likeness (QED) is 0.477. The van der Waals surface area contributed by atoms with E-state index >= 15 is 0 Å². The van der Waals surface area contributed by atoms with Crippen molar-refractivity contribution in [1.29, 1.82) is 5.26 Å². The van der Waals surface area contributed by atoms with Gasteiger partial charge in [-0.3, -0.25) is 0 Å². The molecule has 0 aliphatic heterocycles. The SMILES string of the molecule is COC(=O)/C(C#N)=C/c1cc(Br)c(C)s1. The number of methoxy groups -OCH3 is 1. The van der Waals surface area contributed by atoms with Gasteiger partial charge in [0.2, 0.25) is 0 Å². The first-order valence-electron chi connectivity index (χ1n) is 4.04. The minimum Gasteiger partial charge on any atom is -0.465 e. The predicted molar refractivity (Wildman–Crippen MR) is 62.4 cm³/mol. The molecule has 0 spiro atoms. The number of halogens is 1. The van der Waals surface area contributed by atoms with Gasteiger partial charge in [-0.2, -0.15) is 5.26 Å². The molecule has 0 N–H and O–H groups in total. The molecule has 0 aliphatic carbocycles. The number of nitriles is 1. The first-order valence-corrected chi connectivity index (χ1v) is 5.65. The van der Waals surface area contributed by atoms with E-state index in [0.29, 0.717) is 0 Å². The van der Waals surface area contributed by atoms with E-state index in [9.17, 15) is 4.79 Å². The van der Waals surface area contributed by atoms with Crippen molar-refractivity contribution < 1.29 is 9.53 Å². The van der Waals surface area contributed by atoms with Crippen molar-refractivity contribution in [3.05, 3.63) is 25.9 Å². The van der Waals surface area contributed by atoms with Gasteiger partial charge in [-0.1, -0.05) is 0 Å². The van der Waals surface area contributed by atoms with Gasteiger partial charge in [0.1, 0.15) is 11.6 Å². The molecule has 0 aliphatic rings. The molecule has 0 bridgehead atoms. The molecule has 0 saturated carbocycles. The van der Waals surface area contributed by atoms with Crippen molar-refractivity contribution in [3.63, 3.8) is 0 Å². The number of hydrogen-bond acceptors (Lipinski definition) is 4. The van der Waals surface area contributed by atoms with Crippen LogP contribution in [0.15, 0.2) is 16.1 Å². The van der Waals surface area contributed by atoms with Crippen molar-refractivity contribution in [1.82, 2.24) is 0 Å². The Kier molecular flexibility index (Phi) is 4.06. The molecule has 0 saturated heterocycles. The number of carbonyl (C=O) groups excluding carboxylic acids is 1. The summed E-state index contributed by atoms with van der Waals surface area (Å²) in [6, 6.07) is 3.67. The van der Waals surface area contributed by atoms with Gasteiger partial charge >= 0.3 is 5.97 Å². The lowest BCUT2D eigenvalue weighted by molar-refractivity contribution is -0.135. The molecular formula is C10H8BrNO2S. The fourth-order valence-corrected chi connectivity index (χ4v) is 2.45. The van der Waals surface area contributed by atoms with E-state index in [1.165, 1.54) is 24.5 Å². The lowest BCUT2D eigenvalue weighted by Crippen LogP contribution is -2.02. The zero-order valence-corrected chi connectivity index (χ0v) is 10.6. The molecule has 15 heavy (non-hydrogen) atoms. The highest BCUT2D eigenvalue weighted by atomic mass is 79.9. The number of thiophene rings is 1. The molecular weight excluding hydrogens is 278 g/mol. The van der Waals surface area contributed by atoms with Crippen LogP contribution in [0.3, 0.4) is 0 Å². The average molecular weight is 286 g/mol. The largest absolute Gasteiger partial charge is 0.465 e. The highest BCUT2D eigenvalue weighted by molar-refractivity contribution is 9.10. The summed E-state index contributed by atoms with van der Waals surface area (Å²) in [6.07, 6.45) is 1.52. The number of aryl methyl sites for hydroxylation is 1. The first kappa shape index (κ1) is 12.0. The van der Waals surface area contributed by atoms with Crippen molar-refractivity contribution in [2.24, 2.45) is 0 Å².